The van der Waals surface area contributed by atoms with E-state index in [2.05, 4.69) is 10.0 Å². The van der Waals surface area contributed by atoms with Gasteiger partial charge in [-0.05, 0) is 22.8 Å². The second kappa shape index (κ2) is 4.04. The molecule has 0 saturated heterocycles. The van der Waals surface area contributed by atoms with E-state index in [9.17, 15) is 13.6 Å². The molecule has 0 saturated carbocycles. The van der Waals surface area contributed by atoms with Gasteiger partial charge in [-0.1, -0.05) is 11.6 Å². The molecule has 0 aromatic heterocycles. The Morgan fingerprint density at radius 3 is 2.71 bits per heavy atom. The van der Waals surface area contributed by atoms with Gasteiger partial charge in [0, 0.05) is 4.91 Å². The summed E-state index contributed by atoms with van der Waals surface area (Å²) in [6.07, 6.45) is 0. The van der Waals surface area contributed by atoms with E-state index in [-0.39, 0.29) is 0 Å². The van der Waals surface area contributed by atoms with Crippen LogP contribution in [0.1, 0.15) is 10.4 Å². The van der Waals surface area contributed by atoms with E-state index in [1.54, 1.807) is 0 Å². The van der Waals surface area contributed by atoms with Crippen LogP contribution in [0.15, 0.2) is 17.2 Å². The number of hydrogen-bond acceptors (Lipinski definition) is 1. The standard InChI is InChI=1S/C7H2ClF2N3O/c8-3-1-2-4(9)5(6(3)10)7(14)12-13-11/h1-2H. The quantitative estimate of drug-likeness (QED) is 0.308. The van der Waals surface area contributed by atoms with Crippen molar-refractivity contribution in [2.75, 3.05) is 0 Å². The second-order valence-electron chi connectivity index (χ2n) is 2.21. The van der Waals surface area contributed by atoms with Gasteiger partial charge in [-0.3, -0.25) is 4.79 Å². The zero-order valence-electron chi connectivity index (χ0n) is 6.54. The van der Waals surface area contributed by atoms with Gasteiger partial charge in [0.25, 0.3) is 5.91 Å². The van der Waals surface area contributed by atoms with Crippen LogP contribution in [-0.2, 0) is 0 Å². The number of hydrogen-bond donors (Lipinski definition) is 0. The van der Waals surface area contributed by atoms with Gasteiger partial charge in [0.05, 0.1) is 10.6 Å². The molecule has 7 heteroatoms. The number of nitrogens with zero attached hydrogens (tertiary/aromatic N) is 3. The first-order valence-corrected chi connectivity index (χ1v) is 3.68. The summed E-state index contributed by atoms with van der Waals surface area (Å²) in [5.41, 5.74) is 6.96. The van der Waals surface area contributed by atoms with Gasteiger partial charge < -0.3 is 0 Å². The molecule has 0 unspecified atom stereocenters. The minimum atomic E-state index is -1.34. The summed E-state index contributed by atoms with van der Waals surface area (Å²) in [4.78, 5) is 13.0. The number of benzene rings is 1. The van der Waals surface area contributed by atoms with Crippen LogP contribution in [0.4, 0.5) is 8.78 Å². The highest BCUT2D eigenvalue weighted by atomic mass is 35.5. The molecule has 0 atom stereocenters. The summed E-state index contributed by atoms with van der Waals surface area (Å²) in [7, 11) is 0. The first-order valence-electron chi connectivity index (χ1n) is 3.31. The van der Waals surface area contributed by atoms with Crippen LogP contribution < -0.4 is 0 Å². The molecule has 0 heterocycles. The molecule has 72 valence electrons. The Kier molecular flexibility index (Phi) is 3.01. The zero-order valence-corrected chi connectivity index (χ0v) is 7.29. The summed E-state index contributed by atoms with van der Waals surface area (Å²) in [6.45, 7) is 0. The van der Waals surface area contributed by atoms with E-state index < -0.39 is 28.1 Å². The third kappa shape index (κ3) is 1.81. The zero-order chi connectivity index (χ0) is 10.7. The maximum Gasteiger partial charge on any atom is 0.255 e. The fourth-order valence-electron chi connectivity index (χ4n) is 0.814. The van der Waals surface area contributed by atoms with Gasteiger partial charge in [0.1, 0.15) is 5.82 Å². The van der Waals surface area contributed by atoms with Gasteiger partial charge in [-0.2, -0.15) is 0 Å². The molecule has 0 fully saturated rings. The number of halogens is 3. The summed E-state index contributed by atoms with van der Waals surface area (Å²) in [5, 5.41) is 2.15. The molecule has 0 spiro atoms. The van der Waals surface area contributed by atoms with Crippen molar-refractivity contribution < 1.29 is 13.6 Å². The first kappa shape index (κ1) is 10.4. The van der Waals surface area contributed by atoms with E-state index in [1.807, 2.05) is 0 Å². The molecule has 0 radical (unpaired) electrons. The Labute approximate surface area is 81.7 Å². The van der Waals surface area contributed by atoms with Crippen molar-refractivity contribution in [2.24, 2.45) is 5.11 Å². The molecular formula is C7H2ClF2N3O. The summed E-state index contributed by atoms with van der Waals surface area (Å²) in [5.74, 6) is -3.70. The van der Waals surface area contributed by atoms with Gasteiger partial charge in [-0.15, -0.1) is 0 Å². The van der Waals surface area contributed by atoms with Crippen LogP contribution >= 0.6 is 11.6 Å². The Bertz CT molecular complexity index is 443. The maximum atomic E-state index is 13.1. The van der Waals surface area contributed by atoms with E-state index in [0.717, 1.165) is 12.1 Å². The predicted octanol–water partition coefficient (Wildman–Crippen LogP) is 3.07. The highest BCUT2D eigenvalue weighted by Gasteiger charge is 2.18. The summed E-state index contributed by atoms with van der Waals surface area (Å²) < 4.78 is 26.0. The van der Waals surface area contributed by atoms with Crippen molar-refractivity contribution in [3.8, 4) is 0 Å². The summed E-state index contributed by atoms with van der Waals surface area (Å²) in [6, 6.07) is 1.77. The SMILES string of the molecule is [N-]=[N+]=NC(=O)c1c(F)ccc(Cl)c1F. The molecule has 0 bridgehead atoms. The molecule has 4 nitrogen and oxygen atoms in total. The third-order valence-electron chi connectivity index (χ3n) is 1.39. The van der Waals surface area contributed by atoms with E-state index >= 15 is 0 Å². The smallest absolute Gasteiger partial charge is 0.255 e. The number of amides is 1. The molecule has 14 heavy (non-hydrogen) atoms. The second-order valence-corrected chi connectivity index (χ2v) is 2.62. The highest BCUT2D eigenvalue weighted by molar-refractivity contribution is 6.31. The fraction of sp³-hybridized carbons (Fsp3) is 0. The minimum Gasteiger partial charge on any atom is -0.287 e. The van der Waals surface area contributed by atoms with Crippen LogP contribution in [0.25, 0.3) is 10.4 Å². The first-order chi connectivity index (χ1) is 6.57. The lowest BCUT2D eigenvalue weighted by Crippen LogP contribution is -2.02. The van der Waals surface area contributed by atoms with Crippen LogP contribution in [0.3, 0.4) is 0 Å². The van der Waals surface area contributed by atoms with Crippen molar-refractivity contribution >= 4 is 17.5 Å². The average Bonchev–Trinajstić information content (AvgIpc) is 2.13. The molecule has 0 N–H and O–H groups in total. The maximum absolute atomic E-state index is 13.1. The number of carbonyl (C=O) groups is 1. The average molecular weight is 218 g/mol. The van der Waals surface area contributed by atoms with Crippen molar-refractivity contribution in [3.05, 3.63) is 44.8 Å². The summed E-state index contributed by atoms with van der Waals surface area (Å²) >= 11 is 5.30. The normalized spacial score (nSPS) is 9.36. The Morgan fingerprint density at radius 1 is 1.50 bits per heavy atom. The van der Waals surface area contributed by atoms with Crippen molar-refractivity contribution in [1.82, 2.24) is 0 Å². The number of rotatable bonds is 1. The molecule has 1 rings (SSSR count). The number of carbonyl (C=O) groups excluding carboxylic acids is 1. The van der Waals surface area contributed by atoms with Crippen LogP contribution in [0.2, 0.25) is 5.02 Å². The minimum absolute atomic E-state index is 0.414. The van der Waals surface area contributed by atoms with Crippen molar-refractivity contribution in [1.29, 1.82) is 0 Å². The molecule has 0 aliphatic rings. The number of azide groups is 1. The van der Waals surface area contributed by atoms with E-state index in [1.165, 1.54) is 0 Å². The van der Waals surface area contributed by atoms with Gasteiger partial charge in [-0.25, -0.2) is 8.78 Å². The molecular weight excluding hydrogens is 216 g/mol. The predicted molar refractivity (Wildman–Crippen MR) is 44.8 cm³/mol. The van der Waals surface area contributed by atoms with E-state index in [0.29, 0.717) is 0 Å². The van der Waals surface area contributed by atoms with Crippen molar-refractivity contribution in [2.45, 2.75) is 0 Å². The topological polar surface area (TPSA) is 65.8 Å². The van der Waals surface area contributed by atoms with Crippen molar-refractivity contribution in [3.63, 3.8) is 0 Å². The Hall–Kier alpha value is -1.65. The Balaban J connectivity index is 3.39. The molecule has 0 aliphatic carbocycles. The molecule has 1 aromatic carbocycles. The largest absolute Gasteiger partial charge is 0.287 e. The molecule has 1 aromatic rings. The highest BCUT2D eigenvalue weighted by Crippen LogP contribution is 2.21. The van der Waals surface area contributed by atoms with Gasteiger partial charge in [0.15, 0.2) is 5.82 Å². The van der Waals surface area contributed by atoms with E-state index in [4.69, 9.17) is 17.1 Å². The van der Waals surface area contributed by atoms with Crippen LogP contribution in [-0.4, -0.2) is 5.91 Å². The lowest BCUT2D eigenvalue weighted by molar-refractivity contribution is 0.0992. The van der Waals surface area contributed by atoms with Gasteiger partial charge >= 0.3 is 0 Å². The molecule has 1 amide bonds. The third-order valence-corrected chi connectivity index (χ3v) is 1.69. The monoisotopic (exact) mass is 217 g/mol. The molecule has 0 aliphatic heterocycles. The lowest BCUT2D eigenvalue weighted by atomic mass is 10.2. The van der Waals surface area contributed by atoms with Crippen LogP contribution in [0.5, 0.6) is 0 Å². The van der Waals surface area contributed by atoms with Crippen LogP contribution in [0, 0.1) is 11.6 Å². The van der Waals surface area contributed by atoms with Gasteiger partial charge in [0.2, 0.25) is 0 Å². The Morgan fingerprint density at radius 2 is 2.14 bits per heavy atom. The lowest BCUT2D eigenvalue weighted by Gasteiger charge is -2.00. The fourth-order valence-corrected chi connectivity index (χ4v) is 0.971.